The Balaban J connectivity index is 2.42. The van der Waals surface area contributed by atoms with E-state index < -0.39 is 25.9 Å². The molecule has 1 aliphatic heterocycles. The zero-order chi connectivity index (χ0) is 24.7. The first-order valence-electron chi connectivity index (χ1n) is 11.1. The van der Waals surface area contributed by atoms with Crippen molar-refractivity contribution < 1.29 is 31.3 Å². The van der Waals surface area contributed by atoms with Crippen LogP contribution in [0.3, 0.4) is 0 Å². The van der Waals surface area contributed by atoms with Gasteiger partial charge in [0.05, 0.1) is 16.5 Å². The summed E-state index contributed by atoms with van der Waals surface area (Å²) in [6.45, 7) is 1.10. The summed E-state index contributed by atoms with van der Waals surface area (Å²) < 4.78 is 55.6. The van der Waals surface area contributed by atoms with Gasteiger partial charge in [-0.05, 0) is 31.4 Å². The number of allylic oxidation sites excluding steroid dienone is 3. The van der Waals surface area contributed by atoms with Crippen molar-refractivity contribution in [2.75, 3.05) is 30.3 Å². The number of nitriles is 1. The van der Waals surface area contributed by atoms with Gasteiger partial charge in [0.25, 0.3) is 10.1 Å². The maximum absolute atomic E-state index is 12.5. The molecular formula is C21H34N2O7S3. The number of unbranched alkanes of at least 4 members (excludes halogenated alkanes) is 7. The Kier molecular flexibility index (Phi) is 13.7. The number of hydrogen-bond acceptors (Lipinski definition) is 8. The molecule has 0 aromatic rings. The van der Waals surface area contributed by atoms with E-state index in [4.69, 9.17) is 9.66 Å². The molecule has 1 saturated heterocycles. The number of rotatable bonds is 17. The second-order valence-corrected chi connectivity index (χ2v) is 12.7. The van der Waals surface area contributed by atoms with Crippen molar-refractivity contribution in [3.8, 4) is 6.07 Å². The van der Waals surface area contributed by atoms with Crippen LogP contribution in [0.2, 0.25) is 0 Å². The SMILES string of the molecule is N#C/C(=C/C=C1\SCCN1CCCS(=O)(=O)O)S(=O)(=O)CCCCCCCCCCC(=O)O. The lowest BCUT2D eigenvalue weighted by atomic mass is 10.1. The van der Waals surface area contributed by atoms with E-state index >= 15 is 0 Å². The topological polar surface area (TPSA) is 153 Å². The average molecular weight is 523 g/mol. The van der Waals surface area contributed by atoms with Gasteiger partial charge in [-0.1, -0.05) is 38.5 Å². The summed E-state index contributed by atoms with van der Waals surface area (Å²) in [5.41, 5.74) is 0. The van der Waals surface area contributed by atoms with Gasteiger partial charge in [-0.15, -0.1) is 11.8 Å². The van der Waals surface area contributed by atoms with E-state index in [-0.39, 0.29) is 29.3 Å². The van der Waals surface area contributed by atoms with Crippen LogP contribution in [0.25, 0.3) is 0 Å². The first-order valence-corrected chi connectivity index (χ1v) is 15.4. The number of carboxylic acids is 1. The van der Waals surface area contributed by atoms with Gasteiger partial charge in [0.2, 0.25) is 0 Å². The summed E-state index contributed by atoms with van der Waals surface area (Å²) in [7, 11) is -7.68. The molecule has 0 saturated carbocycles. The summed E-state index contributed by atoms with van der Waals surface area (Å²) in [5, 5.41) is 18.7. The van der Waals surface area contributed by atoms with Gasteiger partial charge in [-0.3, -0.25) is 9.35 Å². The van der Waals surface area contributed by atoms with E-state index in [1.165, 1.54) is 17.8 Å². The van der Waals surface area contributed by atoms with E-state index in [9.17, 15) is 26.9 Å². The Morgan fingerprint density at radius 3 is 2.18 bits per heavy atom. The van der Waals surface area contributed by atoms with Gasteiger partial charge in [-0.2, -0.15) is 13.7 Å². The fourth-order valence-corrected chi connectivity index (χ4v) is 6.13. The smallest absolute Gasteiger partial charge is 0.303 e. The molecule has 188 valence electrons. The van der Waals surface area contributed by atoms with Crippen LogP contribution in [-0.4, -0.2) is 67.7 Å². The summed E-state index contributed by atoms with van der Waals surface area (Å²) in [4.78, 5) is 12.1. The normalized spacial score (nSPS) is 16.3. The third-order valence-electron chi connectivity index (χ3n) is 5.13. The molecule has 0 bridgehead atoms. The number of thioether (sulfide) groups is 1. The van der Waals surface area contributed by atoms with Crippen LogP contribution >= 0.6 is 11.8 Å². The largest absolute Gasteiger partial charge is 0.481 e. The third kappa shape index (κ3) is 13.7. The Morgan fingerprint density at radius 1 is 1.00 bits per heavy atom. The number of carboxylic acid groups (broad SMARTS) is 1. The lowest BCUT2D eigenvalue weighted by molar-refractivity contribution is -0.137. The molecule has 9 nitrogen and oxygen atoms in total. The van der Waals surface area contributed by atoms with Gasteiger partial charge in [0.15, 0.2) is 9.84 Å². The number of carbonyl (C=O) groups is 1. The minimum atomic E-state index is -4.01. The van der Waals surface area contributed by atoms with Crippen molar-refractivity contribution >= 4 is 37.7 Å². The monoisotopic (exact) mass is 522 g/mol. The zero-order valence-corrected chi connectivity index (χ0v) is 21.3. The van der Waals surface area contributed by atoms with E-state index in [0.29, 0.717) is 25.9 Å². The minimum Gasteiger partial charge on any atom is -0.481 e. The molecule has 12 heteroatoms. The summed E-state index contributed by atoms with van der Waals surface area (Å²) in [5.74, 6) is -0.410. The Bertz CT molecular complexity index is 935. The molecule has 0 aliphatic carbocycles. The van der Waals surface area contributed by atoms with Crippen LogP contribution in [0.5, 0.6) is 0 Å². The number of nitrogens with zero attached hydrogens (tertiary/aromatic N) is 2. The summed E-state index contributed by atoms with van der Waals surface area (Å²) in [6, 6.07) is 1.78. The third-order valence-corrected chi connectivity index (χ3v) is 8.73. The van der Waals surface area contributed by atoms with Crippen molar-refractivity contribution in [1.82, 2.24) is 4.90 Å². The highest BCUT2D eigenvalue weighted by Gasteiger charge is 2.20. The Labute approximate surface area is 201 Å². The molecule has 0 amide bonds. The fourth-order valence-electron chi connectivity index (χ4n) is 3.37. The molecular weight excluding hydrogens is 488 g/mol. The highest BCUT2D eigenvalue weighted by molar-refractivity contribution is 8.03. The quantitative estimate of drug-likeness (QED) is 0.165. The van der Waals surface area contributed by atoms with Gasteiger partial charge in [0.1, 0.15) is 11.0 Å². The lowest BCUT2D eigenvalue weighted by Gasteiger charge is -2.18. The van der Waals surface area contributed by atoms with E-state index in [1.807, 2.05) is 4.90 Å². The average Bonchev–Trinajstić information content (AvgIpc) is 3.15. The van der Waals surface area contributed by atoms with Gasteiger partial charge in [0, 0.05) is 25.3 Å². The van der Waals surface area contributed by atoms with Crippen molar-refractivity contribution in [1.29, 1.82) is 5.26 Å². The highest BCUT2D eigenvalue weighted by atomic mass is 32.2. The predicted octanol–water partition coefficient (Wildman–Crippen LogP) is 3.57. The van der Waals surface area contributed by atoms with Crippen molar-refractivity contribution in [2.45, 2.75) is 64.2 Å². The maximum Gasteiger partial charge on any atom is 0.303 e. The molecule has 2 N–H and O–H groups in total. The van der Waals surface area contributed by atoms with Crippen molar-refractivity contribution in [3.63, 3.8) is 0 Å². The summed E-state index contributed by atoms with van der Waals surface area (Å²) >= 11 is 1.50. The molecule has 0 spiro atoms. The molecule has 1 aliphatic rings. The lowest BCUT2D eigenvalue weighted by Crippen LogP contribution is -2.21. The van der Waals surface area contributed by atoms with Crippen molar-refractivity contribution in [2.24, 2.45) is 0 Å². The predicted molar refractivity (Wildman–Crippen MR) is 130 cm³/mol. The van der Waals surface area contributed by atoms with Gasteiger partial charge < -0.3 is 10.0 Å². The van der Waals surface area contributed by atoms with Gasteiger partial charge in [-0.25, -0.2) is 8.42 Å². The fraction of sp³-hybridized carbons (Fsp3) is 0.714. The molecule has 0 unspecified atom stereocenters. The molecule has 33 heavy (non-hydrogen) atoms. The molecule has 1 rings (SSSR count). The molecule has 0 atom stereocenters. The maximum atomic E-state index is 12.5. The van der Waals surface area contributed by atoms with Crippen LogP contribution in [0.1, 0.15) is 64.2 Å². The second kappa shape index (κ2) is 15.4. The number of hydrogen-bond donors (Lipinski definition) is 2. The minimum absolute atomic E-state index is 0.0839. The van der Waals surface area contributed by atoms with Crippen LogP contribution < -0.4 is 0 Å². The van der Waals surface area contributed by atoms with Crippen LogP contribution in [0.15, 0.2) is 22.1 Å². The molecule has 1 heterocycles. The van der Waals surface area contributed by atoms with E-state index in [2.05, 4.69) is 0 Å². The molecule has 0 aromatic heterocycles. The molecule has 0 radical (unpaired) electrons. The standard InChI is InChI=1S/C21H34N2O7S3/c22-18-19(11-12-20-23(14-15-31-20)13-9-17-33(28,29)30)32(26,27)16-8-6-4-2-1-3-5-7-10-21(24)25/h11-12H,1-10,13-17H2,(H,24,25)(H,28,29,30)/b19-11-,20-12-. The van der Waals surface area contributed by atoms with E-state index in [0.717, 1.165) is 49.3 Å². The number of aliphatic carboxylic acids is 1. The second-order valence-electron chi connectivity index (χ2n) is 7.91. The van der Waals surface area contributed by atoms with Crippen LogP contribution in [0.4, 0.5) is 0 Å². The Hall–Kier alpha value is -1.55. The number of sulfone groups is 1. The highest BCUT2D eigenvalue weighted by Crippen LogP contribution is 2.28. The van der Waals surface area contributed by atoms with E-state index in [1.54, 1.807) is 12.1 Å². The first kappa shape index (κ1) is 29.5. The molecule has 1 fully saturated rings. The zero-order valence-electron chi connectivity index (χ0n) is 18.8. The van der Waals surface area contributed by atoms with Gasteiger partial charge >= 0.3 is 5.97 Å². The summed E-state index contributed by atoms with van der Waals surface area (Å²) in [6.07, 6.45) is 10.0. The van der Waals surface area contributed by atoms with Crippen LogP contribution in [0, 0.1) is 11.3 Å². The molecule has 0 aromatic carbocycles. The van der Waals surface area contributed by atoms with Crippen LogP contribution in [-0.2, 0) is 24.7 Å². The first-order chi connectivity index (χ1) is 15.5. The van der Waals surface area contributed by atoms with Crippen molar-refractivity contribution in [3.05, 3.63) is 22.1 Å². The Morgan fingerprint density at radius 2 is 1.61 bits per heavy atom.